The highest BCUT2D eigenvalue weighted by molar-refractivity contribution is 8.18. The molecule has 2 aromatic rings. The van der Waals surface area contributed by atoms with Gasteiger partial charge in [-0.1, -0.05) is 24.3 Å². The molecule has 1 saturated heterocycles. The van der Waals surface area contributed by atoms with Gasteiger partial charge < -0.3 is 9.47 Å². The smallest absolute Gasteiger partial charge is 0.293 e. The van der Waals surface area contributed by atoms with Gasteiger partial charge in [-0.3, -0.25) is 14.5 Å². The molecular weight excluding hydrogens is 470 g/mol. The second kappa shape index (κ2) is 9.62. The molecule has 1 heterocycles. The number of benzene rings is 2. The summed E-state index contributed by atoms with van der Waals surface area (Å²) in [6, 6.07) is 16.0. The number of hydrogen-bond donors (Lipinski definition) is 0. The van der Waals surface area contributed by atoms with Crippen LogP contribution in [0.25, 0.3) is 6.08 Å². The Bertz CT molecular complexity index is 1160. The third kappa shape index (κ3) is 4.45. The van der Waals surface area contributed by atoms with Crippen LogP contribution >= 0.6 is 11.8 Å². The molecule has 1 aliphatic heterocycles. The molecule has 2 amide bonds. The molecule has 5 fully saturated rings. The normalized spacial score (nSPS) is 29.9. The predicted molar refractivity (Wildman–Crippen MR) is 142 cm³/mol. The van der Waals surface area contributed by atoms with Crippen LogP contribution < -0.4 is 9.47 Å². The van der Waals surface area contributed by atoms with Gasteiger partial charge in [0.2, 0.25) is 0 Å². The Labute approximate surface area is 217 Å². The molecule has 0 radical (unpaired) electrons. The van der Waals surface area contributed by atoms with E-state index >= 15 is 0 Å². The van der Waals surface area contributed by atoms with Gasteiger partial charge >= 0.3 is 0 Å². The summed E-state index contributed by atoms with van der Waals surface area (Å²) in [5.41, 5.74) is 2.54. The van der Waals surface area contributed by atoms with E-state index in [0.717, 1.165) is 46.6 Å². The first-order valence-electron chi connectivity index (χ1n) is 13.2. The summed E-state index contributed by atoms with van der Waals surface area (Å²) in [6.45, 7) is 3.01. The molecule has 0 aromatic heterocycles. The number of para-hydroxylation sites is 1. The first-order valence-corrected chi connectivity index (χ1v) is 14.1. The third-order valence-corrected chi connectivity index (χ3v) is 9.35. The number of rotatable bonds is 8. The number of carbonyl (C=O) groups is 2. The van der Waals surface area contributed by atoms with Crippen LogP contribution in [0, 0.1) is 17.8 Å². The first kappa shape index (κ1) is 23.7. The van der Waals surface area contributed by atoms with Gasteiger partial charge in [0.25, 0.3) is 11.1 Å². The highest BCUT2D eigenvalue weighted by Gasteiger charge is 2.51. The maximum absolute atomic E-state index is 13.2. The largest absolute Gasteiger partial charge is 0.493 e. The monoisotopic (exact) mass is 503 g/mol. The maximum atomic E-state index is 13.2. The number of ether oxygens (including phenoxy) is 2. The minimum atomic E-state index is -0.260. The van der Waals surface area contributed by atoms with Gasteiger partial charge in [-0.2, -0.15) is 0 Å². The Morgan fingerprint density at radius 3 is 2.33 bits per heavy atom. The van der Waals surface area contributed by atoms with Gasteiger partial charge in [0, 0.05) is 5.56 Å². The lowest BCUT2D eigenvalue weighted by Crippen LogP contribution is -2.48. The quantitative estimate of drug-likeness (QED) is 0.377. The fourth-order valence-electron chi connectivity index (χ4n) is 7.35. The van der Waals surface area contributed by atoms with Crippen LogP contribution in [0.2, 0.25) is 0 Å². The minimum Gasteiger partial charge on any atom is -0.493 e. The predicted octanol–water partition coefficient (Wildman–Crippen LogP) is 6.67. The Morgan fingerprint density at radius 1 is 0.972 bits per heavy atom. The molecule has 2 aromatic carbocycles. The van der Waals surface area contributed by atoms with Crippen molar-refractivity contribution in [2.24, 2.45) is 17.8 Å². The van der Waals surface area contributed by atoms with Gasteiger partial charge in [0.15, 0.2) is 0 Å². The lowest BCUT2D eigenvalue weighted by atomic mass is 9.48. The molecule has 36 heavy (non-hydrogen) atoms. The molecule has 5 aliphatic rings. The number of amides is 2. The van der Waals surface area contributed by atoms with Crippen molar-refractivity contribution >= 4 is 29.0 Å². The van der Waals surface area contributed by atoms with E-state index in [1.54, 1.807) is 0 Å². The molecule has 188 valence electrons. The number of thioether (sulfide) groups is 1. The molecule has 5 nitrogen and oxygen atoms in total. The van der Waals surface area contributed by atoms with E-state index in [2.05, 4.69) is 18.2 Å². The standard InChI is InChI=1S/C30H33NO4S/c1-2-34-26-9-8-24(30-17-20-12-21(18-30)14-22(13-20)19-30)15-23(26)16-27-28(32)31(29(33)36-27)10-11-35-25-6-4-3-5-7-25/h3-9,15-16,20-22H,2,10-14,17-19H2,1H3. The van der Waals surface area contributed by atoms with Crippen molar-refractivity contribution in [3.63, 3.8) is 0 Å². The zero-order valence-electron chi connectivity index (χ0n) is 20.8. The molecule has 7 rings (SSSR count). The van der Waals surface area contributed by atoms with Crippen molar-refractivity contribution < 1.29 is 19.1 Å². The molecule has 0 N–H and O–H groups in total. The highest BCUT2D eigenvalue weighted by atomic mass is 32.2. The molecule has 4 saturated carbocycles. The molecule has 6 heteroatoms. The van der Waals surface area contributed by atoms with E-state index in [-0.39, 0.29) is 29.7 Å². The van der Waals surface area contributed by atoms with Crippen molar-refractivity contribution in [2.45, 2.75) is 50.9 Å². The van der Waals surface area contributed by atoms with Crippen LogP contribution in [0.1, 0.15) is 56.6 Å². The van der Waals surface area contributed by atoms with Crippen LogP contribution in [0.5, 0.6) is 11.5 Å². The summed E-state index contributed by atoms with van der Waals surface area (Å²) < 4.78 is 11.6. The summed E-state index contributed by atoms with van der Waals surface area (Å²) in [5, 5.41) is -0.252. The van der Waals surface area contributed by atoms with E-state index in [0.29, 0.717) is 11.5 Å². The summed E-state index contributed by atoms with van der Waals surface area (Å²) in [7, 11) is 0. The lowest BCUT2D eigenvalue weighted by Gasteiger charge is -2.57. The van der Waals surface area contributed by atoms with Crippen molar-refractivity contribution in [1.82, 2.24) is 4.90 Å². The topological polar surface area (TPSA) is 55.8 Å². The van der Waals surface area contributed by atoms with Crippen LogP contribution in [-0.2, 0) is 10.2 Å². The zero-order chi connectivity index (χ0) is 24.7. The van der Waals surface area contributed by atoms with Crippen LogP contribution in [0.4, 0.5) is 4.79 Å². The number of hydrogen-bond acceptors (Lipinski definition) is 5. The van der Waals surface area contributed by atoms with Crippen molar-refractivity contribution in [3.8, 4) is 11.5 Å². The van der Waals surface area contributed by atoms with Crippen molar-refractivity contribution in [3.05, 3.63) is 64.6 Å². The van der Waals surface area contributed by atoms with E-state index in [1.165, 1.54) is 49.0 Å². The summed E-state index contributed by atoms with van der Waals surface area (Å²) in [6.07, 6.45) is 9.93. The Kier molecular flexibility index (Phi) is 6.32. The Morgan fingerprint density at radius 2 is 1.67 bits per heavy atom. The summed E-state index contributed by atoms with van der Waals surface area (Å²) in [4.78, 5) is 27.6. The van der Waals surface area contributed by atoms with Gasteiger partial charge in [-0.05, 0) is 116 Å². The van der Waals surface area contributed by atoms with Gasteiger partial charge in [0.1, 0.15) is 18.1 Å². The lowest BCUT2D eigenvalue weighted by molar-refractivity contribution is -0.123. The molecular formula is C30H33NO4S. The molecule has 4 bridgehead atoms. The van der Waals surface area contributed by atoms with E-state index < -0.39 is 0 Å². The van der Waals surface area contributed by atoms with E-state index in [1.807, 2.05) is 43.3 Å². The molecule has 4 aliphatic carbocycles. The summed E-state index contributed by atoms with van der Waals surface area (Å²) in [5.74, 6) is 3.82. The number of nitrogens with zero attached hydrogens (tertiary/aromatic N) is 1. The second-order valence-electron chi connectivity index (χ2n) is 10.9. The molecule has 0 spiro atoms. The average Bonchev–Trinajstić information content (AvgIpc) is 3.12. The van der Waals surface area contributed by atoms with Crippen LogP contribution in [0.15, 0.2) is 53.4 Å². The van der Waals surface area contributed by atoms with E-state index in [4.69, 9.17) is 9.47 Å². The molecule has 0 unspecified atom stereocenters. The number of imide groups is 1. The molecule has 0 atom stereocenters. The van der Waals surface area contributed by atoms with E-state index in [9.17, 15) is 9.59 Å². The van der Waals surface area contributed by atoms with Crippen LogP contribution in [-0.4, -0.2) is 35.8 Å². The van der Waals surface area contributed by atoms with Gasteiger partial charge in [-0.15, -0.1) is 0 Å². The fraction of sp³-hybridized carbons (Fsp3) is 0.467. The maximum Gasteiger partial charge on any atom is 0.293 e. The minimum absolute atomic E-state index is 0.225. The van der Waals surface area contributed by atoms with Gasteiger partial charge in [0.05, 0.1) is 18.1 Å². The SMILES string of the molecule is CCOc1ccc(C23CC4CC(CC(C4)C2)C3)cc1C=C1SC(=O)N(CCOc2ccccc2)C1=O. The first-order chi connectivity index (χ1) is 17.5. The zero-order valence-corrected chi connectivity index (χ0v) is 21.6. The Hall–Kier alpha value is -2.73. The highest BCUT2D eigenvalue weighted by Crippen LogP contribution is 2.61. The van der Waals surface area contributed by atoms with Crippen LogP contribution in [0.3, 0.4) is 0 Å². The van der Waals surface area contributed by atoms with Gasteiger partial charge in [-0.25, -0.2) is 0 Å². The Balaban J connectivity index is 1.23. The van der Waals surface area contributed by atoms with Crippen molar-refractivity contribution in [1.29, 1.82) is 0 Å². The number of carbonyl (C=O) groups excluding carboxylic acids is 2. The van der Waals surface area contributed by atoms with Crippen molar-refractivity contribution in [2.75, 3.05) is 19.8 Å². The fourth-order valence-corrected chi connectivity index (χ4v) is 8.20. The third-order valence-electron chi connectivity index (χ3n) is 8.45. The summed E-state index contributed by atoms with van der Waals surface area (Å²) >= 11 is 1.00. The average molecular weight is 504 g/mol. The second-order valence-corrected chi connectivity index (χ2v) is 11.9.